The Bertz CT molecular complexity index is 628. The highest BCUT2D eigenvalue weighted by Gasteiger charge is 2.56. The minimum absolute atomic E-state index is 0.0342. The van der Waals surface area contributed by atoms with Gasteiger partial charge in [0.25, 0.3) is 0 Å². The summed E-state index contributed by atoms with van der Waals surface area (Å²) in [6.45, 7) is 3.52. The van der Waals surface area contributed by atoms with Crippen molar-refractivity contribution < 1.29 is 23.9 Å². The zero-order valence-electron chi connectivity index (χ0n) is 13.6. The molecule has 0 aliphatic heterocycles. The fourth-order valence-corrected chi connectivity index (χ4v) is 3.14. The smallest absolute Gasteiger partial charge is 0.407 e. The summed E-state index contributed by atoms with van der Waals surface area (Å²) in [6, 6.07) is 8.05. The Balaban J connectivity index is 2.43. The van der Waals surface area contributed by atoms with E-state index in [9.17, 15) is 14.4 Å². The molecule has 0 heterocycles. The number of ether oxygens (including phenoxy) is 2. The van der Waals surface area contributed by atoms with E-state index in [-0.39, 0.29) is 18.8 Å². The van der Waals surface area contributed by atoms with E-state index in [4.69, 9.17) is 9.47 Å². The van der Waals surface area contributed by atoms with E-state index in [2.05, 4.69) is 11.9 Å². The summed E-state index contributed by atoms with van der Waals surface area (Å²) in [6.07, 6.45) is 1.89. The van der Waals surface area contributed by atoms with E-state index in [1.54, 1.807) is 24.3 Å². The summed E-state index contributed by atoms with van der Waals surface area (Å²) in [5.41, 5.74) is -0.780. The van der Waals surface area contributed by atoms with Gasteiger partial charge in [0.05, 0.1) is 13.2 Å². The van der Waals surface area contributed by atoms with E-state index in [0.717, 1.165) is 0 Å². The Hall–Kier alpha value is -2.63. The second-order valence-electron chi connectivity index (χ2n) is 5.61. The largest absolute Gasteiger partial charge is 0.468 e. The van der Waals surface area contributed by atoms with Crippen LogP contribution in [0.5, 0.6) is 0 Å². The molecule has 0 aromatic heterocycles. The quantitative estimate of drug-likeness (QED) is 0.492. The van der Waals surface area contributed by atoms with Gasteiger partial charge in [-0.3, -0.25) is 9.59 Å². The molecule has 0 bridgehead atoms. The first-order valence-electron chi connectivity index (χ1n) is 7.77. The molecule has 128 valence electrons. The highest BCUT2D eigenvalue weighted by molar-refractivity contribution is 6.06. The molecule has 0 spiro atoms. The summed E-state index contributed by atoms with van der Waals surface area (Å²) in [5, 5.41) is 2.67. The fraction of sp³-hybridized carbons (Fsp3) is 0.389. The van der Waals surface area contributed by atoms with E-state index in [0.29, 0.717) is 18.4 Å². The standard InChI is InChI=1S/C18H21NO5/c1-3-12-24-17(22)19-15(13-8-5-4-6-9-13)18(16(21)23-2)11-7-10-14(18)20/h3-6,8-9,15H,1,7,10-12H2,2H3,(H,19,22). The van der Waals surface area contributed by atoms with Crippen LogP contribution in [0.2, 0.25) is 0 Å². The molecule has 1 aliphatic carbocycles. The van der Waals surface area contributed by atoms with Crippen molar-refractivity contribution in [3.8, 4) is 0 Å². The van der Waals surface area contributed by atoms with Gasteiger partial charge in [0.2, 0.25) is 0 Å². The van der Waals surface area contributed by atoms with Crippen molar-refractivity contribution in [2.24, 2.45) is 5.41 Å². The molecule has 1 amide bonds. The number of nitrogens with one attached hydrogen (secondary N) is 1. The van der Waals surface area contributed by atoms with Crippen molar-refractivity contribution in [2.75, 3.05) is 13.7 Å². The molecule has 6 heteroatoms. The van der Waals surface area contributed by atoms with Crippen LogP contribution in [0.3, 0.4) is 0 Å². The molecule has 2 rings (SSSR count). The molecule has 0 saturated heterocycles. The monoisotopic (exact) mass is 331 g/mol. The average molecular weight is 331 g/mol. The second-order valence-corrected chi connectivity index (χ2v) is 5.61. The number of ketones is 1. The summed E-state index contributed by atoms with van der Waals surface area (Å²) in [4.78, 5) is 37.2. The van der Waals surface area contributed by atoms with Crippen molar-refractivity contribution in [1.29, 1.82) is 0 Å². The lowest BCUT2D eigenvalue weighted by atomic mass is 9.74. The lowest BCUT2D eigenvalue weighted by molar-refractivity contribution is -0.158. The number of rotatable bonds is 6. The number of alkyl carbamates (subject to hydrolysis) is 1. The molecule has 2 unspecified atom stereocenters. The van der Waals surface area contributed by atoms with Gasteiger partial charge in [-0.15, -0.1) is 0 Å². The Morgan fingerprint density at radius 1 is 1.38 bits per heavy atom. The number of carbonyl (C=O) groups is 3. The van der Waals surface area contributed by atoms with E-state index >= 15 is 0 Å². The van der Waals surface area contributed by atoms with Crippen LogP contribution < -0.4 is 5.32 Å². The summed E-state index contributed by atoms with van der Waals surface area (Å²) >= 11 is 0. The Kier molecular flexibility index (Phi) is 5.73. The van der Waals surface area contributed by atoms with Gasteiger partial charge < -0.3 is 14.8 Å². The molecular formula is C18H21NO5. The molecule has 6 nitrogen and oxygen atoms in total. The van der Waals surface area contributed by atoms with Crippen molar-refractivity contribution >= 4 is 17.8 Å². The summed E-state index contributed by atoms with van der Waals surface area (Å²) in [5.74, 6) is -0.866. The topological polar surface area (TPSA) is 81.7 Å². The molecular weight excluding hydrogens is 310 g/mol. The molecule has 1 aromatic carbocycles. The zero-order valence-corrected chi connectivity index (χ0v) is 13.6. The predicted octanol–water partition coefficient (Wildman–Crippen LogP) is 2.55. The number of esters is 1. The molecule has 24 heavy (non-hydrogen) atoms. The lowest BCUT2D eigenvalue weighted by Crippen LogP contribution is -2.49. The van der Waals surface area contributed by atoms with Crippen molar-refractivity contribution in [3.05, 3.63) is 48.6 Å². The summed E-state index contributed by atoms with van der Waals surface area (Å²) < 4.78 is 9.87. The minimum Gasteiger partial charge on any atom is -0.468 e. The predicted molar refractivity (Wildman–Crippen MR) is 87.2 cm³/mol. The van der Waals surface area contributed by atoms with Crippen LogP contribution in [-0.2, 0) is 19.1 Å². The van der Waals surface area contributed by atoms with Crippen LogP contribution in [0.4, 0.5) is 4.79 Å². The van der Waals surface area contributed by atoms with Gasteiger partial charge in [-0.25, -0.2) is 4.79 Å². The Labute approximate surface area is 140 Å². The number of carbonyl (C=O) groups excluding carboxylic acids is 3. The van der Waals surface area contributed by atoms with Gasteiger partial charge in [0, 0.05) is 6.42 Å². The van der Waals surface area contributed by atoms with Crippen LogP contribution in [-0.4, -0.2) is 31.6 Å². The fourth-order valence-electron chi connectivity index (χ4n) is 3.14. The maximum absolute atomic E-state index is 12.6. The molecule has 1 N–H and O–H groups in total. The molecule has 0 radical (unpaired) electrons. The third-order valence-electron chi connectivity index (χ3n) is 4.24. The third kappa shape index (κ3) is 3.32. The SMILES string of the molecule is C=CCOC(=O)NC(c1ccccc1)C1(C(=O)OC)CCCC1=O. The Morgan fingerprint density at radius 3 is 2.62 bits per heavy atom. The molecule has 1 fully saturated rings. The first-order valence-corrected chi connectivity index (χ1v) is 7.77. The summed E-state index contributed by atoms with van der Waals surface area (Å²) in [7, 11) is 1.24. The van der Waals surface area contributed by atoms with Crippen LogP contribution in [0.25, 0.3) is 0 Å². The number of hydrogen-bond acceptors (Lipinski definition) is 5. The van der Waals surface area contributed by atoms with Gasteiger partial charge in [-0.2, -0.15) is 0 Å². The maximum Gasteiger partial charge on any atom is 0.407 e. The number of Topliss-reactive ketones (excluding diaryl/α,β-unsaturated/α-hetero) is 1. The van der Waals surface area contributed by atoms with Gasteiger partial charge in [0.15, 0.2) is 11.2 Å². The Morgan fingerprint density at radius 2 is 2.08 bits per heavy atom. The van der Waals surface area contributed by atoms with Gasteiger partial charge in [-0.1, -0.05) is 43.0 Å². The lowest BCUT2D eigenvalue weighted by Gasteiger charge is -2.34. The van der Waals surface area contributed by atoms with Gasteiger partial charge >= 0.3 is 12.1 Å². The first kappa shape index (κ1) is 17.7. The van der Waals surface area contributed by atoms with Crippen molar-refractivity contribution in [2.45, 2.75) is 25.3 Å². The van der Waals surface area contributed by atoms with Crippen LogP contribution >= 0.6 is 0 Å². The minimum atomic E-state index is -1.43. The average Bonchev–Trinajstić information content (AvgIpc) is 3.00. The van der Waals surface area contributed by atoms with Gasteiger partial charge in [0.1, 0.15) is 6.61 Å². The number of methoxy groups -OCH3 is 1. The van der Waals surface area contributed by atoms with Crippen molar-refractivity contribution in [1.82, 2.24) is 5.32 Å². The van der Waals surface area contributed by atoms with E-state index in [1.165, 1.54) is 13.2 Å². The highest BCUT2D eigenvalue weighted by atomic mass is 16.5. The number of amides is 1. The van der Waals surface area contributed by atoms with Gasteiger partial charge in [-0.05, 0) is 18.4 Å². The third-order valence-corrected chi connectivity index (χ3v) is 4.24. The van der Waals surface area contributed by atoms with Crippen molar-refractivity contribution in [3.63, 3.8) is 0 Å². The first-order chi connectivity index (χ1) is 11.6. The van der Waals surface area contributed by atoms with Crippen LogP contribution in [0.1, 0.15) is 30.9 Å². The number of benzene rings is 1. The zero-order chi connectivity index (χ0) is 17.6. The highest BCUT2D eigenvalue weighted by Crippen LogP contribution is 2.46. The van der Waals surface area contributed by atoms with Crippen LogP contribution in [0.15, 0.2) is 43.0 Å². The molecule has 1 aromatic rings. The second kappa shape index (κ2) is 7.77. The maximum atomic E-state index is 12.6. The van der Waals surface area contributed by atoms with Crippen LogP contribution in [0, 0.1) is 5.41 Å². The van der Waals surface area contributed by atoms with E-state index < -0.39 is 23.5 Å². The molecule has 1 saturated carbocycles. The number of hydrogen-bond donors (Lipinski definition) is 1. The molecule has 1 aliphatic rings. The van der Waals surface area contributed by atoms with E-state index in [1.807, 2.05) is 6.07 Å². The normalized spacial score (nSPS) is 21.0. The molecule has 2 atom stereocenters.